The van der Waals surface area contributed by atoms with Gasteiger partial charge in [-0.1, -0.05) is 0 Å². The van der Waals surface area contributed by atoms with Crippen molar-refractivity contribution in [3.8, 4) is 0 Å². The smallest absolute Gasteiger partial charge is 0.412 e. The molecule has 0 saturated heterocycles. The summed E-state index contributed by atoms with van der Waals surface area (Å²) in [4.78, 5) is 25.2. The van der Waals surface area contributed by atoms with E-state index in [0.717, 1.165) is 0 Å². The second-order valence-electron chi connectivity index (χ2n) is 8.83. The first-order valence-electron chi connectivity index (χ1n) is 9.81. The Hall–Kier alpha value is -1.98. The van der Waals surface area contributed by atoms with Crippen LogP contribution in [0.2, 0.25) is 0 Å². The highest BCUT2D eigenvalue weighted by molar-refractivity contribution is 7.99. The third-order valence-electron chi connectivity index (χ3n) is 3.56. The molecule has 1 aromatic rings. The van der Waals surface area contributed by atoms with Crippen LogP contribution in [0.4, 0.5) is 18.0 Å². The molecule has 0 spiro atoms. The number of alkyl carbamates (subject to hydrolysis) is 1. The van der Waals surface area contributed by atoms with Crippen molar-refractivity contribution in [2.24, 2.45) is 0 Å². The zero-order chi connectivity index (χ0) is 23.9. The molecule has 1 aromatic heterocycles. The summed E-state index contributed by atoms with van der Waals surface area (Å²) in [6, 6.07) is -2.80. The fraction of sp³-hybridized carbons (Fsp3) is 0.789. The molecule has 1 N–H and O–H groups in total. The molecule has 1 amide bonds. The van der Waals surface area contributed by atoms with Gasteiger partial charge in [0.2, 0.25) is 0 Å². The maximum Gasteiger partial charge on any atom is 0.412 e. The number of hydrogen-bond donors (Lipinski definition) is 1. The molecule has 0 aliphatic rings. The summed E-state index contributed by atoms with van der Waals surface area (Å²) in [6.07, 6.45) is -2.90. The zero-order valence-corrected chi connectivity index (χ0v) is 19.5. The number of thioether (sulfide) groups is 1. The fourth-order valence-corrected chi connectivity index (χ4v) is 3.36. The number of carbonyl (C=O) groups excluding carboxylic acids is 2. The minimum Gasteiger partial charge on any atom is -0.458 e. The SMILES string of the molecule is CC(C)(C)OC(=O)N[C@@H](CCSCCC(n1nccn1)C(F)(F)F)C(=O)OC(C)(C)C. The minimum absolute atomic E-state index is 0.166. The van der Waals surface area contributed by atoms with Gasteiger partial charge in [0, 0.05) is 0 Å². The van der Waals surface area contributed by atoms with Crippen LogP contribution in [0, 0.1) is 0 Å². The van der Waals surface area contributed by atoms with Crippen LogP contribution in [-0.2, 0) is 14.3 Å². The predicted octanol–water partition coefficient (Wildman–Crippen LogP) is 4.13. The van der Waals surface area contributed by atoms with E-state index < -0.39 is 41.5 Å². The highest BCUT2D eigenvalue weighted by Gasteiger charge is 2.42. The van der Waals surface area contributed by atoms with Crippen LogP contribution in [0.3, 0.4) is 0 Å². The summed E-state index contributed by atoms with van der Waals surface area (Å²) >= 11 is 1.23. The molecular weight excluding hydrogens is 437 g/mol. The minimum atomic E-state index is -4.48. The molecule has 8 nitrogen and oxygen atoms in total. The number of amides is 1. The van der Waals surface area contributed by atoms with Crippen LogP contribution in [0.5, 0.6) is 0 Å². The van der Waals surface area contributed by atoms with Crippen LogP contribution in [0.15, 0.2) is 12.4 Å². The Kier molecular flexibility index (Phi) is 9.65. The maximum absolute atomic E-state index is 13.2. The Morgan fingerprint density at radius 3 is 1.97 bits per heavy atom. The second kappa shape index (κ2) is 11.1. The Bertz CT molecular complexity index is 700. The largest absolute Gasteiger partial charge is 0.458 e. The molecule has 0 aliphatic heterocycles. The quantitative estimate of drug-likeness (QED) is 0.430. The molecule has 31 heavy (non-hydrogen) atoms. The number of carbonyl (C=O) groups is 2. The van der Waals surface area contributed by atoms with E-state index in [0.29, 0.717) is 10.5 Å². The molecule has 0 aromatic carbocycles. The molecule has 1 unspecified atom stereocenters. The van der Waals surface area contributed by atoms with Gasteiger partial charge in [0.1, 0.15) is 17.2 Å². The normalized spacial score (nSPS) is 14.6. The molecule has 0 aliphatic carbocycles. The lowest BCUT2D eigenvalue weighted by Crippen LogP contribution is -2.46. The van der Waals surface area contributed by atoms with Crippen LogP contribution in [0.25, 0.3) is 0 Å². The van der Waals surface area contributed by atoms with E-state index in [4.69, 9.17) is 9.47 Å². The van der Waals surface area contributed by atoms with Crippen LogP contribution >= 0.6 is 11.8 Å². The first kappa shape index (κ1) is 27.1. The molecule has 0 radical (unpaired) electrons. The van der Waals surface area contributed by atoms with Gasteiger partial charge in [0.15, 0.2) is 6.04 Å². The van der Waals surface area contributed by atoms with Crippen molar-refractivity contribution in [2.45, 2.75) is 83.8 Å². The van der Waals surface area contributed by atoms with Gasteiger partial charge in [-0.25, -0.2) is 9.59 Å². The van der Waals surface area contributed by atoms with E-state index >= 15 is 0 Å². The zero-order valence-electron chi connectivity index (χ0n) is 18.7. The number of aromatic nitrogens is 3. The Morgan fingerprint density at radius 1 is 0.968 bits per heavy atom. The Labute approximate surface area is 184 Å². The molecule has 12 heteroatoms. The maximum atomic E-state index is 13.2. The fourth-order valence-electron chi connectivity index (χ4n) is 2.37. The van der Waals surface area contributed by atoms with Crippen LogP contribution in [-0.4, -0.2) is 62.0 Å². The Balaban J connectivity index is 2.62. The number of ether oxygens (including phenoxy) is 2. The van der Waals surface area contributed by atoms with Gasteiger partial charge in [-0.15, -0.1) is 0 Å². The lowest BCUT2D eigenvalue weighted by Gasteiger charge is -2.26. The third kappa shape index (κ3) is 11.3. The van der Waals surface area contributed by atoms with E-state index in [2.05, 4.69) is 15.5 Å². The lowest BCUT2D eigenvalue weighted by atomic mass is 10.1. The molecule has 178 valence electrons. The average Bonchev–Trinajstić information content (AvgIpc) is 3.06. The summed E-state index contributed by atoms with van der Waals surface area (Å²) in [5.74, 6) is -0.136. The number of esters is 1. The number of rotatable bonds is 9. The molecule has 1 heterocycles. The second-order valence-corrected chi connectivity index (χ2v) is 10.1. The van der Waals surface area contributed by atoms with E-state index in [1.807, 2.05) is 0 Å². The summed E-state index contributed by atoms with van der Waals surface area (Å²) < 4.78 is 50.2. The van der Waals surface area contributed by atoms with Crippen LogP contribution in [0.1, 0.15) is 60.4 Å². The number of halogens is 3. The average molecular weight is 469 g/mol. The summed E-state index contributed by atoms with van der Waals surface area (Å²) in [5.41, 5.74) is -1.50. The molecule has 0 fully saturated rings. The molecular formula is C19H31F3N4O4S. The molecule has 1 rings (SSSR count). The third-order valence-corrected chi connectivity index (χ3v) is 4.61. The summed E-state index contributed by atoms with van der Waals surface area (Å²) in [7, 11) is 0. The monoisotopic (exact) mass is 468 g/mol. The first-order valence-corrected chi connectivity index (χ1v) is 11.0. The summed E-state index contributed by atoms with van der Waals surface area (Å²) in [5, 5.41) is 9.65. The van der Waals surface area contributed by atoms with E-state index in [1.54, 1.807) is 41.5 Å². The van der Waals surface area contributed by atoms with E-state index in [1.165, 1.54) is 24.2 Å². The van der Waals surface area contributed by atoms with E-state index in [9.17, 15) is 22.8 Å². The topological polar surface area (TPSA) is 95.3 Å². The highest BCUT2D eigenvalue weighted by atomic mass is 32.2. The lowest BCUT2D eigenvalue weighted by molar-refractivity contribution is -0.173. The van der Waals surface area contributed by atoms with Crippen molar-refractivity contribution >= 4 is 23.8 Å². The number of alkyl halides is 3. The molecule has 0 bridgehead atoms. The van der Waals surface area contributed by atoms with Crippen molar-refractivity contribution in [1.82, 2.24) is 20.3 Å². The first-order chi connectivity index (χ1) is 14.1. The van der Waals surface area contributed by atoms with Gasteiger partial charge in [-0.05, 0) is 65.9 Å². The van der Waals surface area contributed by atoms with Gasteiger partial charge in [0.25, 0.3) is 0 Å². The van der Waals surface area contributed by atoms with E-state index in [-0.39, 0.29) is 18.6 Å². The van der Waals surface area contributed by atoms with Crippen molar-refractivity contribution < 1.29 is 32.2 Å². The van der Waals surface area contributed by atoms with Gasteiger partial charge >= 0.3 is 18.2 Å². The summed E-state index contributed by atoms with van der Waals surface area (Å²) in [6.45, 7) is 10.2. The van der Waals surface area contributed by atoms with Crippen molar-refractivity contribution in [2.75, 3.05) is 11.5 Å². The van der Waals surface area contributed by atoms with Gasteiger partial charge in [-0.2, -0.15) is 39.9 Å². The molecule has 0 saturated carbocycles. The van der Waals surface area contributed by atoms with Gasteiger partial charge in [-0.3, -0.25) is 0 Å². The van der Waals surface area contributed by atoms with Crippen molar-refractivity contribution in [3.05, 3.63) is 12.4 Å². The van der Waals surface area contributed by atoms with Gasteiger partial charge < -0.3 is 14.8 Å². The van der Waals surface area contributed by atoms with Gasteiger partial charge in [0.05, 0.1) is 12.4 Å². The Morgan fingerprint density at radius 2 is 1.48 bits per heavy atom. The standard InChI is InChI=1S/C19H31F3N4O4S/c1-17(2,3)29-15(27)13(25-16(28)30-18(4,5)6)7-11-31-12-8-14(19(20,21)22)26-23-9-10-24-26/h9-10,13-14H,7-8,11-12H2,1-6H3,(H,25,28)/t13-,14?/m0/s1. The van der Waals surface area contributed by atoms with Crippen molar-refractivity contribution in [1.29, 1.82) is 0 Å². The van der Waals surface area contributed by atoms with Crippen LogP contribution < -0.4 is 5.32 Å². The number of nitrogens with zero attached hydrogens (tertiary/aromatic N) is 3. The number of nitrogens with one attached hydrogen (secondary N) is 1. The predicted molar refractivity (Wildman–Crippen MR) is 111 cm³/mol. The highest BCUT2D eigenvalue weighted by Crippen LogP contribution is 2.33. The van der Waals surface area contributed by atoms with Crippen molar-refractivity contribution in [3.63, 3.8) is 0 Å². The molecule has 2 atom stereocenters. The number of hydrogen-bond acceptors (Lipinski definition) is 7.